The minimum Gasteiger partial charge on any atom is -0.338 e. The fourth-order valence-corrected chi connectivity index (χ4v) is 5.78. The first kappa shape index (κ1) is 26.3. The van der Waals surface area contributed by atoms with Crippen molar-refractivity contribution >= 4 is 28.6 Å². The first-order valence-corrected chi connectivity index (χ1v) is 13.8. The molecule has 0 saturated carbocycles. The van der Waals surface area contributed by atoms with Crippen molar-refractivity contribution in [1.82, 2.24) is 29.7 Å². The van der Waals surface area contributed by atoms with E-state index in [4.69, 9.17) is 0 Å². The molecule has 2 fully saturated rings. The summed E-state index contributed by atoms with van der Waals surface area (Å²) in [6, 6.07) is 13.5. The van der Waals surface area contributed by atoms with Gasteiger partial charge in [-0.05, 0) is 56.2 Å². The lowest BCUT2D eigenvalue weighted by Crippen LogP contribution is -2.53. The number of amides is 1. The van der Waals surface area contributed by atoms with Crippen LogP contribution in [-0.2, 0) is 17.9 Å². The van der Waals surface area contributed by atoms with E-state index in [-0.39, 0.29) is 18.0 Å². The molecule has 4 heterocycles. The van der Waals surface area contributed by atoms with E-state index >= 15 is 8.78 Å². The summed E-state index contributed by atoms with van der Waals surface area (Å²) in [7, 11) is 0. The van der Waals surface area contributed by atoms with Gasteiger partial charge in [-0.3, -0.25) is 9.69 Å². The Labute approximate surface area is 232 Å². The predicted octanol–water partition coefficient (Wildman–Crippen LogP) is 4.75. The van der Waals surface area contributed by atoms with Crippen LogP contribution in [0.4, 0.5) is 20.4 Å². The molecule has 2 atom stereocenters. The second-order valence-corrected chi connectivity index (χ2v) is 10.9. The number of fused-ring (bicyclic) bond motifs is 1. The summed E-state index contributed by atoms with van der Waals surface area (Å²) in [4.78, 5) is 25.0. The van der Waals surface area contributed by atoms with E-state index in [9.17, 15) is 4.79 Å². The molecule has 2 unspecified atom stereocenters. The van der Waals surface area contributed by atoms with E-state index in [1.165, 1.54) is 22.6 Å². The van der Waals surface area contributed by atoms with E-state index in [1.807, 2.05) is 12.1 Å². The smallest absolute Gasteiger partial charge is 0.229 e. The maximum atomic E-state index is 15.0. The summed E-state index contributed by atoms with van der Waals surface area (Å²) in [5, 5.41) is 7.55. The number of halogens is 2. The molecule has 2 aliphatic heterocycles. The lowest BCUT2D eigenvalue weighted by molar-refractivity contribution is -0.128. The number of nitrogens with zero attached hydrogens (tertiary/aromatic N) is 5. The summed E-state index contributed by atoms with van der Waals surface area (Å²) in [6.07, 6.45) is 4.53. The van der Waals surface area contributed by atoms with Gasteiger partial charge in [0, 0.05) is 73.7 Å². The lowest BCUT2D eigenvalue weighted by Gasteiger charge is -2.36. The molecule has 10 heteroatoms. The Morgan fingerprint density at radius 1 is 1.02 bits per heavy atom. The monoisotopic (exact) mass is 545 g/mol. The fraction of sp³-hybridized carbons (Fsp3) is 0.367. The Bertz CT molecular complexity index is 1500. The number of piperazine rings is 1. The molecule has 2 aliphatic rings. The molecule has 2 saturated heterocycles. The van der Waals surface area contributed by atoms with Gasteiger partial charge < -0.3 is 20.1 Å². The van der Waals surface area contributed by atoms with Crippen LogP contribution in [0.25, 0.3) is 16.7 Å². The van der Waals surface area contributed by atoms with Gasteiger partial charge in [-0.2, -0.15) is 4.98 Å². The quantitative estimate of drug-likeness (QED) is 0.349. The zero-order valence-electron chi connectivity index (χ0n) is 22.7. The minimum absolute atomic E-state index is 0.0638. The molecule has 1 amide bonds. The van der Waals surface area contributed by atoms with Crippen LogP contribution in [0.15, 0.2) is 54.9 Å². The van der Waals surface area contributed by atoms with Gasteiger partial charge in [-0.25, -0.2) is 13.8 Å². The van der Waals surface area contributed by atoms with E-state index in [1.54, 1.807) is 23.0 Å². The maximum absolute atomic E-state index is 15.0. The molecule has 2 aromatic carbocycles. The van der Waals surface area contributed by atoms with Gasteiger partial charge in [0.15, 0.2) is 0 Å². The summed E-state index contributed by atoms with van der Waals surface area (Å²) in [6.45, 7) is 7.82. The van der Waals surface area contributed by atoms with Gasteiger partial charge in [0.1, 0.15) is 17.3 Å². The van der Waals surface area contributed by atoms with Crippen molar-refractivity contribution in [1.29, 1.82) is 0 Å². The summed E-state index contributed by atoms with van der Waals surface area (Å²) >= 11 is 0. The average molecular weight is 546 g/mol. The molecule has 2 N–H and O–H groups in total. The van der Waals surface area contributed by atoms with Crippen molar-refractivity contribution in [2.75, 3.05) is 25.0 Å². The van der Waals surface area contributed by atoms with Crippen molar-refractivity contribution in [3.63, 3.8) is 0 Å². The molecule has 0 bridgehead atoms. The predicted molar refractivity (Wildman–Crippen MR) is 150 cm³/mol. The molecule has 2 aromatic heterocycles. The van der Waals surface area contributed by atoms with Crippen LogP contribution in [0.3, 0.4) is 0 Å². The van der Waals surface area contributed by atoms with Crippen molar-refractivity contribution in [3.05, 3.63) is 77.6 Å². The van der Waals surface area contributed by atoms with Crippen LogP contribution in [0.1, 0.15) is 37.8 Å². The highest BCUT2D eigenvalue weighted by atomic mass is 19.1. The average Bonchev–Trinajstić information content (AvgIpc) is 3.52. The third kappa shape index (κ3) is 5.55. The number of aromatic nitrogens is 3. The van der Waals surface area contributed by atoms with Crippen LogP contribution in [0.2, 0.25) is 0 Å². The van der Waals surface area contributed by atoms with Crippen molar-refractivity contribution in [2.45, 2.75) is 51.9 Å². The van der Waals surface area contributed by atoms with Crippen LogP contribution in [-0.4, -0.2) is 62.0 Å². The fourth-order valence-electron chi connectivity index (χ4n) is 5.78. The first-order chi connectivity index (χ1) is 19.3. The highest BCUT2D eigenvalue weighted by molar-refractivity contribution is 5.79. The molecule has 40 heavy (non-hydrogen) atoms. The van der Waals surface area contributed by atoms with Crippen molar-refractivity contribution < 1.29 is 13.6 Å². The van der Waals surface area contributed by atoms with Crippen LogP contribution >= 0.6 is 0 Å². The number of nitrogens with one attached hydrogen (secondary N) is 2. The maximum Gasteiger partial charge on any atom is 0.229 e. The number of likely N-dealkylation sites (tertiary alicyclic amines) is 1. The molecular formula is C30H33F2N7O. The first-order valence-electron chi connectivity index (χ1n) is 13.8. The zero-order valence-corrected chi connectivity index (χ0v) is 22.7. The molecule has 0 spiro atoms. The van der Waals surface area contributed by atoms with E-state index < -0.39 is 11.6 Å². The number of carbonyl (C=O) groups excluding carboxylic acids is 1. The topological polar surface area (TPSA) is 78.3 Å². The Morgan fingerprint density at radius 2 is 1.75 bits per heavy atom. The Hall–Kier alpha value is -3.89. The highest BCUT2D eigenvalue weighted by Crippen LogP contribution is 2.26. The SMILES string of the molecule is CC1CN(Cc2ccc(Nc3ncc4ccn(-c5cc(F)c(CN6CCCC6=O)c(F)c5)c4n3)cc2)CC(C)N1. The van der Waals surface area contributed by atoms with Gasteiger partial charge in [0.25, 0.3) is 0 Å². The second kappa shape index (κ2) is 10.9. The van der Waals surface area contributed by atoms with Crippen molar-refractivity contribution in [3.8, 4) is 5.69 Å². The molecule has 6 rings (SSSR count). The zero-order chi connectivity index (χ0) is 27.8. The Kier molecular flexibility index (Phi) is 7.20. The number of rotatable bonds is 7. The standard InChI is InChI=1S/C30H33F2N7O/c1-19-15-37(16-20(2)34-19)17-21-5-7-23(8-6-21)35-30-33-14-22-9-11-39(29(22)36-30)24-12-26(31)25(27(32)13-24)18-38-10-3-4-28(38)40/h5-9,11-14,19-20,34H,3-4,10,15-18H2,1-2H3,(H,33,35,36). The van der Waals surface area contributed by atoms with E-state index in [0.29, 0.717) is 48.8 Å². The molecule has 0 aliphatic carbocycles. The Morgan fingerprint density at radius 3 is 2.42 bits per heavy atom. The minimum atomic E-state index is -0.686. The second-order valence-electron chi connectivity index (χ2n) is 10.9. The van der Waals surface area contributed by atoms with Gasteiger partial charge in [0.2, 0.25) is 11.9 Å². The summed E-state index contributed by atoms with van der Waals surface area (Å²) in [5.74, 6) is -1.06. The number of hydrogen-bond acceptors (Lipinski definition) is 6. The molecule has 0 radical (unpaired) electrons. The largest absolute Gasteiger partial charge is 0.338 e. The van der Waals surface area contributed by atoms with Crippen LogP contribution in [0, 0.1) is 11.6 Å². The molecule has 8 nitrogen and oxygen atoms in total. The van der Waals surface area contributed by atoms with Crippen LogP contribution < -0.4 is 10.6 Å². The summed E-state index contributed by atoms with van der Waals surface area (Å²) in [5.41, 5.74) is 2.82. The van der Waals surface area contributed by atoms with Gasteiger partial charge in [-0.15, -0.1) is 0 Å². The van der Waals surface area contributed by atoms with Gasteiger partial charge >= 0.3 is 0 Å². The number of carbonyl (C=O) groups is 1. The Balaban J connectivity index is 1.19. The van der Waals surface area contributed by atoms with E-state index in [2.05, 4.69) is 51.5 Å². The third-order valence-corrected chi connectivity index (χ3v) is 7.60. The van der Waals surface area contributed by atoms with Crippen molar-refractivity contribution in [2.24, 2.45) is 0 Å². The third-order valence-electron chi connectivity index (χ3n) is 7.60. The summed E-state index contributed by atoms with van der Waals surface area (Å²) < 4.78 is 31.7. The lowest BCUT2D eigenvalue weighted by atomic mass is 10.1. The highest BCUT2D eigenvalue weighted by Gasteiger charge is 2.24. The van der Waals surface area contributed by atoms with E-state index in [0.717, 1.165) is 30.7 Å². The molecule has 4 aromatic rings. The van der Waals surface area contributed by atoms with Gasteiger partial charge in [0.05, 0.1) is 12.2 Å². The van der Waals surface area contributed by atoms with Gasteiger partial charge in [-0.1, -0.05) is 12.1 Å². The molecular weight excluding hydrogens is 512 g/mol. The van der Waals surface area contributed by atoms with Crippen LogP contribution in [0.5, 0.6) is 0 Å². The molecule has 208 valence electrons. The number of benzene rings is 2. The normalized spacial score (nSPS) is 20.0. The number of hydrogen-bond donors (Lipinski definition) is 2. The number of anilines is 2.